The minimum atomic E-state index is -0.621. The summed E-state index contributed by atoms with van der Waals surface area (Å²) in [7, 11) is 1.33. The first-order chi connectivity index (χ1) is 9.69. The summed E-state index contributed by atoms with van der Waals surface area (Å²) in [5, 5.41) is 2.43. The number of aromatic amines is 1. The molecule has 0 aliphatic heterocycles. The molecule has 2 aromatic heterocycles. The first kappa shape index (κ1) is 12.6. The SMILES string of the molecule is COC(=O)C(c1ccc2[nH]c(=O)oc2c1)c1nccs1. The average Bonchev–Trinajstić information content (AvgIpc) is 3.06. The molecule has 1 N–H and O–H groups in total. The van der Waals surface area contributed by atoms with Crippen molar-refractivity contribution in [2.24, 2.45) is 0 Å². The van der Waals surface area contributed by atoms with E-state index in [0.717, 1.165) is 0 Å². The number of hydrogen-bond acceptors (Lipinski definition) is 6. The highest BCUT2D eigenvalue weighted by atomic mass is 32.1. The molecule has 1 atom stereocenters. The number of aromatic nitrogens is 2. The highest BCUT2D eigenvalue weighted by molar-refractivity contribution is 7.09. The van der Waals surface area contributed by atoms with Gasteiger partial charge in [-0.2, -0.15) is 0 Å². The van der Waals surface area contributed by atoms with E-state index in [1.807, 2.05) is 0 Å². The number of rotatable bonds is 3. The van der Waals surface area contributed by atoms with Gasteiger partial charge in [0.15, 0.2) is 5.58 Å². The lowest BCUT2D eigenvalue weighted by Gasteiger charge is -2.12. The van der Waals surface area contributed by atoms with Gasteiger partial charge in [-0.1, -0.05) is 6.07 Å². The standard InChI is InChI=1S/C13H10N2O4S/c1-18-12(16)10(11-14-4-5-20-11)7-2-3-8-9(6-7)19-13(17)15-8/h2-6,10H,1H3,(H,15,17). The van der Waals surface area contributed by atoms with Crippen LogP contribution in [0.2, 0.25) is 0 Å². The van der Waals surface area contributed by atoms with E-state index in [1.54, 1.807) is 29.8 Å². The van der Waals surface area contributed by atoms with Gasteiger partial charge in [0.25, 0.3) is 0 Å². The summed E-state index contributed by atoms with van der Waals surface area (Å²) in [5.41, 5.74) is 1.65. The Morgan fingerprint density at radius 3 is 3.05 bits per heavy atom. The van der Waals surface area contributed by atoms with Crippen molar-refractivity contribution < 1.29 is 13.9 Å². The molecule has 3 aromatic rings. The number of esters is 1. The largest absolute Gasteiger partial charge is 0.468 e. The van der Waals surface area contributed by atoms with Crippen LogP contribution in [0.1, 0.15) is 16.5 Å². The van der Waals surface area contributed by atoms with Crippen LogP contribution in [0, 0.1) is 0 Å². The molecule has 0 aliphatic carbocycles. The summed E-state index contributed by atoms with van der Waals surface area (Å²) in [6.45, 7) is 0. The molecular formula is C13H10N2O4S. The van der Waals surface area contributed by atoms with Crippen molar-refractivity contribution >= 4 is 28.4 Å². The quantitative estimate of drug-likeness (QED) is 0.744. The van der Waals surface area contributed by atoms with Crippen LogP contribution in [0.5, 0.6) is 0 Å². The number of nitrogens with zero attached hydrogens (tertiary/aromatic N) is 1. The van der Waals surface area contributed by atoms with E-state index in [0.29, 0.717) is 21.7 Å². The first-order valence-electron chi connectivity index (χ1n) is 5.79. The molecule has 7 heteroatoms. The number of nitrogens with one attached hydrogen (secondary N) is 1. The van der Waals surface area contributed by atoms with Crippen LogP contribution in [-0.4, -0.2) is 23.0 Å². The zero-order valence-electron chi connectivity index (χ0n) is 10.5. The van der Waals surface area contributed by atoms with Gasteiger partial charge in [0, 0.05) is 11.6 Å². The predicted octanol–water partition coefficient (Wildman–Crippen LogP) is 1.88. The van der Waals surface area contributed by atoms with E-state index in [1.165, 1.54) is 18.4 Å². The lowest BCUT2D eigenvalue weighted by atomic mass is 9.99. The number of oxazole rings is 1. The maximum atomic E-state index is 12.0. The van der Waals surface area contributed by atoms with Gasteiger partial charge in [0.1, 0.15) is 10.9 Å². The predicted molar refractivity (Wildman–Crippen MR) is 72.8 cm³/mol. The first-order valence-corrected chi connectivity index (χ1v) is 6.67. The molecule has 1 aromatic carbocycles. The van der Waals surface area contributed by atoms with E-state index < -0.39 is 17.6 Å². The molecule has 0 saturated heterocycles. The monoisotopic (exact) mass is 290 g/mol. The highest BCUT2D eigenvalue weighted by Gasteiger charge is 2.26. The lowest BCUT2D eigenvalue weighted by Crippen LogP contribution is -2.15. The molecule has 102 valence electrons. The Hall–Kier alpha value is -2.41. The Balaban J connectivity index is 2.13. The van der Waals surface area contributed by atoms with Gasteiger partial charge in [-0.05, 0) is 17.7 Å². The number of ether oxygens (including phenoxy) is 1. The van der Waals surface area contributed by atoms with Crippen LogP contribution in [0.4, 0.5) is 0 Å². The molecule has 2 heterocycles. The van der Waals surface area contributed by atoms with Crippen molar-refractivity contribution in [3.8, 4) is 0 Å². The lowest BCUT2D eigenvalue weighted by molar-refractivity contribution is -0.141. The maximum absolute atomic E-state index is 12.0. The van der Waals surface area contributed by atoms with E-state index >= 15 is 0 Å². The van der Waals surface area contributed by atoms with Crippen molar-refractivity contribution in [1.29, 1.82) is 0 Å². The Morgan fingerprint density at radius 2 is 2.35 bits per heavy atom. The molecule has 3 rings (SSSR count). The van der Waals surface area contributed by atoms with Crippen molar-refractivity contribution in [3.05, 3.63) is 50.9 Å². The maximum Gasteiger partial charge on any atom is 0.417 e. The minimum Gasteiger partial charge on any atom is -0.468 e. The van der Waals surface area contributed by atoms with Gasteiger partial charge >= 0.3 is 11.7 Å². The van der Waals surface area contributed by atoms with Crippen molar-refractivity contribution in [1.82, 2.24) is 9.97 Å². The number of fused-ring (bicyclic) bond motifs is 1. The molecule has 0 radical (unpaired) electrons. The third-order valence-electron chi connectivity index (χ3n) is 2.91. The summed E-state index contributed by atoms with van der Waals surface area (Å²) < 4.78 is 9.84. The van der Waals surface area contributed by atoms with E-state index in [4.69, 9.17) is 9.15 Å². The average molecular weight is 290 g/mol. The van der Waals surface area contributed by atoms with Crippen LogP contribution in [0.25, 0.3) is 11.1 Å². The van der Waals surface area contributed by atoms with Crippen LogP contribution >= 0.6 is 11.3 Å². The normalized spacial score (nSPS) is 12.4. The van der Waals surface area contributed by atoms with Gasteiger partial charge in [-0.25, -0.2) is 9.78 Å². The van der Waals surface area contributed by atoms with Gasteiger partial charge in [0.2, 0.25) is 0 Å². The third-order valence-corrected chi connectivity index (χ3v) is 3.75. The number of hydrogen-bond donors (Lipinski definition) is 1. The number of carbonyl (C=O) groups excluding carboxylic acids is 1. The molecule has 0 spiro atoms. The van der Waals surface area contributed by atoms with Crippen molar-refractivity contribution in [3.63, 3.8) is 0 Å². The topological polar surface area (TPSA) is 85.2 Å². The van der Waals surface area contributed by atoms with Crippen LogP contribution < -0.4 is 5.76 Å². The van der Waals surface area contributed by atoms with E-state index in [2.05, 4.69) is 9.97 Å². The summed E-state index contributed by atoms with van der Waals surface area (Å²) >= 11 is 1.37. The summed E-state index contributed by atoms with van der Waals surface area (Å²) in [5.74, 6) is -1.55. The molecule has 0 fully saturated rings. The van der Waals surface area contributed by atoms with E-state index in [-0.39, 0.29) is 0 Å². The highest BCUT2D eigenvalue weighted by Crippen LogP contribution is 2.29. The molecule has 0 aliphatic rings. The third kappa shape index (κ3) is 2.12. The number of thiazole rings is 1. The van der Waals surface area contributed by atoms with Gasteiger partial charge < -0.3 is 9.15 Å². The Morgan fingerprint density at radius 1 is 1.50 bits per heavy atom. The second-order valence-corrected chi connectivity index (χ2v) is 5.02. The summed E-state index contributed by atoms with van der Waals surface area (Å²) in [6.07, 6.45) is 1.63. The van der Waals surface area contributed by atoms with Crippen molar-refractivity contribution in [2.45, 2.75) is 5.92 Å². The molecule has 0 bridgehead atoms. The fourth-order valence-corrected chi connectivity index (χ4v) is 2.77. The molecular weight excluding hydrogens is 280 g/mol. The fourth-order valence-electron chi connectivity index (χ4n) is 2.02. The molecule has 1 unspecified atom stereocenters. The van der Waals surface area contributed by atoms with Gasteiger partial charge in [0.05, 0.1) is 12.6 Å². The second kappa shape index (κ2) is 4.93. The number of carbonyl (C=O) groups is 1. The Labute approximate surface area is 117 Å². The van der Waals surface area contributed by atoms with Crippen LogP contribution in [0.3, 0.4) is 0 Å². The summed E-state index contributed by atoms with van der Waals surface area (Å²) in [6, 6.07) is 5.09. The van der Waals surface area contributed by atoms with Gasteiger partial charge in [-0.3, -0.25) is 9.78 Å². The summed E-state index contributed by atoms with van der Waals surface area (Å²) in [4.78, 5) is 29.9. The zero-order valence-corrected chi connectivity index (χ0v) is 11.3. The van der Waals surface area contributed by atoms with E-state index in [9.17, 15) is 9.59 Å². The van der Waals surface area contributed by atoms with Gasteiger partial charge in [-0.15, -0.1) is 11.3 Å². The zero-order chi connectivity index (χ0) is 14.1. The number of methoxy groups -OCH3 is 1. The molecule has 6 nitrogen and oxygen atoms in total. The van der Waals surface area contributed by atoms with Crippen molar-refractivity contribution in [2.75, 3.05) is 7.11 Å². The smallest absolute Gasteiger partial charge is 0.417 e. The molecule has 0 saturated carbocycles. The number of H-pyrrole nitrogens is 1. The minimum absolute atomic E-state index is 0.401. The number of benzene rings is 1. The fraction of sp³-hybridized carbons (Fsp3) is 0.154. The Kier molecular flexibility index (Phi) is 3.11. The molecule has 0 amide bonds. The van der Waals surface area contributed by atoms with Crippen LogP contribution in [0.15, 0.2) is 39.0 Å². The molecule has 20 heavy (non-hydrogen) atoms. The van der Waals surface area contributed by atoms with Crippen LogP contribution in [-0.2, 0) is 9.53 Å². The second-order valence-electron chi connectivity index (χ2n) is 4.10. The Bertz CT molecular complexity index is 803.